The lowest BCUT2D eigenvalue weighted by atomic mass is 9.83. The normalized spacial score (nSPS) is 27.2. The quantitative estimate of drug-likeness (QED) is 0.749. The molecule has 4 rings (SSSR count). The molecule has 1 amide bonds. The van der Waals surface area contributed by atoms with Crippen LogP contribution in [0.5, 0.6) is 5.75 Å². The fraction of sp³-hybridized carbons (Fsp3) is 0.350. The van der Waals surface area contributed by atoms with Crippen molar-refractivity contribution in [1.29, 1.82) is 0 Å². The van der Waals surface area contributed by atoms with Gasteiger partial charge in [-0.25, -0.2) is 15.2 Å². The summed E-state index contributed by atoms with van der Waals surface area (Å²) < 4.78 is 19.8. The molecule has 2 fully saturated rings. The summed E-state index contributed by atoms with van der Waals surface area (Å²) in [7, 11) is 1.57. The second-order valence-corrected chi connectivity index (χ2v) is 6.87. The average Bonchev–Trinajstić information content (AvgIpc) is 3.20. The van der Waals surface area contributed by atoms with Gasteiger partial charge >= 0.3 is 0 Å². The number of phenolic OH excluding ortho intramolecular Hbond substituents is 1. The molecule has 0 bridgehead atoms. The number of aromatic hydroxyl groups is 1. The summed E-state index contributed by atoms with van der Waals surface area (Å²) in [6.45, 7) is 0.737. The molecule has 2 aliphatic rings. The number of likely N-dealkylation sites (tertiary alicyclic amines) is 1. The lowest BCUT2D eigenvalue weighted by Crippen LogP contribution is -2.42. The van der Waals surface area contributed by atoms with Crippen LogP contribution in [0.1, 0.15) is 23.2 Å². The third-order valence-electron chi connectivity index (χ3n) is 5.45. The largest absolute Gasteiger partial charge is 0.508 e. The van der Waals surface area contributed by atoms with Crippen molar-refractivity contribution >= 4 is 5.91 Å². The Morgan fingerprint density at radius 2 is 1.74 bits per heavy atom. The molecule has 142 valence electrons. The number of hydrogen-bond acceptors (Lipinski definition) is 5. The van der Waals surface area contributed by atoms with E-state index in [4.69, 9.17) is 4.74 Å². The molecule has 0 saturated carbocycles. The number of benzene rings is 2. The lowest BCUT2D eigenvalue weighted by Gasteiger charge is -2.31. The van der Waals surface area contributed by atoms with Gasteiger partial charge in [-0.05, 0) is 12.1 Å². The molecule has 6 nitrogen and oxygen atoms in total. The van der Waals surface area contributed by atoms with Gasteiger partial charge in [0.25, 0.3) is 0 Å². The fourth-order valence-corrected chi connectivity index (χ4v) is 4.24. The van der Waals surface area contributed by atoms with E-state index in [1.54, 1.807) is 42.3 Å². The van der Waals surface area contributed by atoms with Gasteiger partial charge in [0, 0.05) is 30.7 Å². The number of hydrazine groups is 1. The SMILES string of the molecule is COCCN1C(=O)C2NNC(c3ccccc3O)C2C1c1ccccc1F. The first-order valence-corrected chi connectivity index (χ1v) is 8.96. The van der Waals surface area contributed by atoms with Gasteiger partial charge in [-0.3, -0.25) is 4.79 Å². The van der Waals surface area contributed by atoms with E-state index in [1.165, 1.54) is 6.07 Å². The van der Waals surface area contributed by atoms with E-state index in [-0.39, 0.29) is 29.4 Å². The van der Waals surface area contributed by atoms with E-state index < -0.39 is 12.1 Å². The van der Waals surface area contributed by atoms with Crippen LogP contribution in [0.15, 0.2) is 48.5 Å². The Balaban J connectivity index is 1.79. The summed E-state index contributed by atoms with van der Waals surface area (Å²) in [4.78, 5) is 14.7. The second-order valence-electron chi connectivity index (χ2n) is 6.87. The van der Waals surface area contributed by atoms with Gasteiger partial charge in [-0.1, -0.05) is 36.4 Å². The van der Waals surface area contributed by atoms with Gasteiger partial charge in [0.2, 0.25) is 5.91 Å². The van der Waals surface area contributed by atoms with Crippen molar-refractivity contribution in [1.82, 2.24) is 15.8 Å². The summed E-state index contributed by atoms with van der Waals surface area (Å²) in [5.74, 6) is -0.580. The van der Waals surface area contributed by atoms with Gasteiger partial charge in [-0.15, -0.1) is 0 Å². The Hall–Kier alpha value is -2.48. The zero-order valence-corrected chi connectivity index (χ0v) is 14.9. The number of methoxy groups -OCH3 is 1. The topological polar surface area (TPSA) is 73.8 Å². The highest BCUT2D eigenvalue weighted by molar-refractivity contribution is 5.86. The van der Waals surface area contributed by atoms with Crippen LogP contribution in [0, 0.1) is 11.7 Å². The number of phenols is 1. The van der Waals surface area contributed by atoms with Crippen LogP contribution >= 0.6 is 0 Å². The van der Waals surface area contributed by atoms with E-state index in [1.807, 2.05) is 12.1 Å². The highest BCUT2D eigenvalue weighted by atomic mass is 19.1. The van der Waals surface area contributed by atoms with Crippen molar-refractivity contribution in [2.45, 2.75) is 18.1 Å². The predicted molar refractivity (Wildman–Crippen MR) is 97.1 cm³/mol. The summed E-state index contributed by atoms with van der Waals surface area (Å²) in [6, 6.07) is 12.2. The number of carbonyl (C=O) groups is 1. The van der Waals surface area contributed by atoms with Crippen molar-refractivity contribution in [3.8, 4) is 5.75 Å². The molecule has 2 saturated heterocycles. The maximum atomic E-state index is 14.7. The Morgan fingerprint density at radius 1 is 1.07 bits per heavy atom. The molecule has 2 aromatic rings. The third kappa shape index (κ3) is 2.97. The van der Waals surface area contributed by atoms with Crippen molar-refractivity contribution in [2.75, 3.05) is 20.3 Å². The van der Waals surface area contributed by atoms with Crippen molar-refractivity contribution in [3.63, 3.8) is 0 Å². The molecule has 4 unspecified atom stereocenters. The third-order valence-corrected chi connectivity index (χ3v) is 5.45. The molecule has 2 heterocycles. The van der Waals surface area contributed by atoms with Gasteiger partial charge in [-0.2, -0.15) is 0 Å². The highest BCUT2D eigenvalue weighted by Crippen LogP contribution is 2.48. The monoisotopic (exact) mass is 371 g/mol. The lowest BCUT2D eigenvalue weighted by molar-refractivity contribution is -0.131. The van der Waals surface area contributed by atoms with Crippen LogP contribution in [0.3, 0.4) is 0 Å². The molecular weight excluding hydrogens is 349 g/mol. The number of hydrogen-bond donors (Lipinski definition) is 3. The van der Waals surface area contributed by atoms with Crippen molar-refractivity contribution < 1.29 is 19.0 Å². The van der Waals surface area contributed by atoms with Gasteiger partial charge in [0.05, 0.1) is 18.7 Å². The van der Waals surface area contributed by atoms with Gasteiger partial charge < -0.3 is 14.7 Å². The molecule has 0 aliphatic carbocycles. The van der Waals surface area contributed by atoms with Crippen LogP contribution in [-0.2, 0) is 9.53 Å². The minimum absolute atomic E-state index is 0.101. The second kappa shape index (κ2) is 7.26. The van der Waals surface area contributed by atoms with Crippen molar-refractivity contribution in [2.24, 2.45) is 5.92 Å². The maximum Gasteiger partial charge on any atom is 0.242 e. The predicted octanol–water partition coefficient (Wildman–Crippen LogP) is 1.89. The minimum Gasteiger partial charge on any atom is -0.508 e. The Morgan fingerprint density at radius 3 is 2.44 bits per heavy atom. The Kier molecular flexibility index (Phi) is 4.82. The molecule has 2 aromatic carbocycles. The molecule has 27 heavy (non-hydrogen) atoms. The molecule has 3 N–H and O–H groups in total. The minimum atomic E-state index is -0.504. The molecule has 0 aromatic heterocycles. The molecule has 4 atom stereocenters. The molecule has 0 spiro atoms. The number of nitrogens with one attached hydrogen (secondary N) is 2. The van der Waals surface area contributed by atoms with E-state index in [0.29, 0.717) is 24.3 Å². The van der Waals surface area contributed by atoms with E-state index in [2.05, 4.69) is 10.9 Å². The summed E-state index contributed by atoms with van der Waals surface area (Å²) in [6.07, 6.45) is 0. The van der Waals surface area contributed by atoms with Crippen LogP contribution in [0.2, 0.25) is 0 Å². The number of para-hydroxylation sites is 1. The highest BCUT2D eigenvalue weighted by Gasteiger charge is 2.56. The van der Waals surface area contributed by atoms with Crippen LogP contribution in [0.4, 0.5) is 4.39 Å². The number of fused-ring (bicyclic) bond motifs is 1. The molecule has 2 aliphatic heterocycles. The first-order valence-electron chi connectivity index (χ1n) is 8.96. The molecule has 0 radical (unpaired) electrons. The standard InChI is InChI=1S/C20H22FN3O3/c1-27-11-10-24-19(12-6-2-4-8-14(12)21)16-17(22-23-18(16)20(24)26)13-7-3-5-9-15(13)25/h2-9,16-19,22-23,25H,10-11H2,1H3. The van der Waals surface area contributed by atoms with Crippen LogP contribution < -0.4 is 10.9 Å². The fourth-order valence-electron chi connectivity index (χ4n) is 4.24. The van der Waals surface area contributed by atoms with Gasteiger partial charge in [0.15, 0.2) is 0 Å². The summed E-state index contributed by atoms with van der Waals surface area (Å²) >= 11 is 0. The number of amides is 1. The number of ether oxygens (including phenoxy) is 1. The molecular formula is C20H22FN3O3. The number of rotatable bonds is 5. The van der Waals surface area contributed by atoms with Crippen LogP contribution in [0.25, 0.3) is 0 Å². The van der Waals surface area contributed by atoms with E-state index in [9.17, 15) is 14.3 Å². The summed E-state index contributed by atoms with van der Waals surface area (Å²) in [5, 5.41) is 10.3. The zero-order chi connectivity index (χ0) is 19.0. The Bertz CT molecular complexity index is 847. The number of halogens is 1. The summed E-state index contributed by atoms with van der Waals surface area (Å²) in [5.41, 5.74) is 7.34. The zero-order valence-electron chi connectivity index (χ0n) is 14.9. The number of carbonyl (C=O) groups excluding carboxylic acids is 1. The average molecular weight is 371 g/mol. The van der Waals surface area contributed by atoms with E-state index in [0.717, 1.165) is 0 Å². The molecule has 7 heteroatoms. The smallest absolute Gasteiger partial charge is 0.242 e. The van der Waals surface area contributed by atoms with Gasteiger partial charge in [0.1, 0.15) is 17.6 Å². The first-order chi connectivity index (χ1) is 13.1. The maximum absolute atomic E-state index is 14.7. The Labute approximate surface area is 156 Å². The van der Waals surface area contributed by atoms with Crippen LogP contribution in [-0.4, -0.2) is 42.2 Å². The van der Waals surface area contributed by atoms with Crippen molar-refractivity contribution in [3.05, 3.63) is 65.5 Å². The first kappa shape index (κ1) is 17.9. The van der Waals surface area contributed by atoms with E-state index >= 15 is 0 Å². The number of nitrogens with zero attached hydrogens (tertiary/aromatic N) is 1.